The van der Waals surface area contributed by atoms with Crippen LogP contribution in [0, 0.1) is 5.82 Å². The van der Waals surface area contributed by atoms with E-state index in [1.54, 1.807) is 43.4 Å². The number of methoxy groups -OCH3 is 2. The van der Waals surface area contributed by atoms with Crippen molar-refractivity contribution in [1.29, 1.82) is 0 Å². The van der Waals surface area contributed by atoms with Crippen molar-refractivity contribution in [2.24, 2.45) is 0 Å². The predicted octanol–water partition coefficient (Wildman–Crippen LogP) is 4.21. The van der Waals surface area contributed by atoms with E-state index in [4.69, 9.17) is 9.47 Å². The number of ether oxygens (including phenoxy) is 2. The summed E-state index contributed by atoms with van der Waals surface area (Å²) < 4.78 is 24.0. The maximum atomic E-state index is 13.5. The molecular formula is C19H21FN2O3. The van der Waals surface area contributed by atoms with Gasteiger partial charge in [-0.2, -0.15) is 0 Å². The van der Waals surface area contributed by atoms with Crippen LogP contribution in [0.5, 0.6) is 11.5 Å². The Morgan fingerprint density at radius 3 is 2.76 bits per heavy atom. The van der Waals surface area contributed by atoms with Crippen molar-refractivity contribution in [3.63, 3.8) is 0 Å². The van der Waals surface area contributed by atoms with Gasteiger partial charge in [0.25, 0.3) is 0 Å². The van der Waals surface area contributed by atoms with E-state index in [9.17, 15) is 9.18 Å². The number of hydrogen-bond donors (Lipinski definition) is 1. The molecule has 1 aliphatic heterocycles. The Morgan fingerprint density at radius 2 is 2.04 bits per heavy atom. The first-order chi connectivity index (χ1) is 12.1. The molecule has 1 heterocycles. The first-order valence-electron chi connectivity index (χ1n) is 8.17. The molecule has 0 aliphatic carbocycles. The lowest BCUT2D eigenvalue weighted by atomic mass is 10.0. The Hall–Kier alpha value is -2.76. The molecule has 1 fully saturated rings. The summed E-state index contributed by atoms with van der Waals surface area (Å²) >= 11 is 0. The summed E-state index contributed by atoms with van der Waals surface area (Å²) in [6.07, 6.45) is 1.69. The van der Waals surface area contributed by atoms with E-state index in [-0.39, 0.29) is 17.9 Å². The minimum Gasteiger partial charge on any atom is -0.497 e. The van der Waals surface area contributed by atoms with Gasteiger partial charge in [-0.3, -0.25) is 0 Å². The normalized spacial score (nSPS) is 16.6. The number of nitrogens with zero attached hydrogens (tertiary/aromatic N) is 1. The van der Waals surface area contributed by atoms with E-state index < -0.39 is 0 Å². The maximum absolute atomic E-state index is 13.5. The van der Waals surface area contributed by atoms with Crippen LogP contribution in [0.4, 0.5) is 14.9 Å². The Labute approximate surface area is 146 Å². The first-order valence-corrected chi connectivity index (χ1v) is 8.17. The number of amides is 2. The van der Waals surface area contributed by atoms with Crippen molar-refractivity contribution >= 4 is 11.7 Å². The van der Waals surface area contributed by atoms with Crippen molar-refractivity contribution in [1.82, 2.24) is 4.90 Å². The molecule has 6 heteroatoms. The Kier molecular flexibility index (Phi) is 5.07. The van der Waals surface area contributed by atoms with Crippen molar-refractivity contribution in [2.45, 2.75) is 18.9 Å². The van der Waals surface area contributed by atoms with Crippen LogP contribution in [0.1, 0.15) is 24.4 Å². The number of anilines is 1. The molecule has 25 heavy (non-hydrogen) atoms. The molecule has 1 saturated heterocycles. The average Bonchev–Trinajstić information content (AvgIpc) is 3.11. The third kappa shape index (κ3) is 3.68. The summed E-state index contributed by atoms with van der Waals surface area (Å²) in [5, 5.41) is 2.88. The minimum absolute atomic E-state index is 0.132. The molecule has 1 unspecified atom stereocenters. The van der Waals surface area contributed by atoms with Crippen molar-refractivity contribution in [3.05, 3.63) is 53.8 Å². The highest BCUT2D eigenvalue weighted by atomic mass is 19.1. The molecule has 1 atom stereocenters. The fraction of sp³-hybridized carbons (Fsp3) is 0.316. The lowest BCUT2D eigenvalue weighted by Gasteiger charge is -2.26. The number of hydrogen-bond acceptors (Lipinski definition) is 3. The summed E-state index contributed by atoms with van der Waals surface area (Å²) in [4.78, 5) is 14.5. The van der Waals surface area contributed by atoms with Gasteiger partial charge in [-0.15, -0.1) is 0 Å². The second-order valence-electron chi connectivity index (χ2n) is 5.90. The van der Waals surface area contributed by atoms with Crippen molar-refractivity contribution < 1.29 is 18.7 Å². The van der Waals surface area contributed by atoms with Gasteiger partial charge in [0.15, 0.2) is 0 Å². The molecule has 1 aliphatic rings. The number of carbonyl (C=O) groups is 1. The Balaban J connectivity index is 1.81. The smallest absolute Gasteiger partial charge is 0.322 e. The quantitative estimate of drug-likeness (QED) is 0.904. The van der Waals surface area contributed by atoms with Gasteiger partial charge in [0.05, 0.1) is 25.9 Å². The van der Waals surface area contributed by atoms with Crippen LogP contribution in [0.2, 0.25) is 0 Å². The predicted molar refractivity (Wildman–Crippen MR) is 93.6 cm³/mol. The molecule has 2 amide bonds. The Bertz CT molecular complexity index is 766. The number of likely N-dealkylation sites (tertiary alicyclic amines) is 1. The number of nitrogens with one attached hydrogen (secondary N) is 1. The number of halogens is 1. The van der Waals surface area contributed by atoms with Crippen LogP contribution in [-0.2, 0) is 0 Å². The number of carbonyl (C=O) groups excluding carboxylic acids is 1. The summed E-state index contributed by atoms with van der Waals surface area (Å²) in [6.45, 7) is 0.624. The molecule has 0 radical (unpaired) electrons. The Morgan fingerprint density at radius 1 is 1.20 bits per heavy atom. The monoisotopic (exact) mass is 344 g/mol. The molecule has 0 saturated carbocycles. The van der Waals surface area contributed by atoms with Gasteiger partial charge in [-0.05, 0) is 42.7 Å². The molecule has 0 spiro atoms. The zero-order chi connectivity index (χ0) is 17.8. The van der Waals surface area contributed by atoms with Crippen LogP contribution in [0.25, 0.3) is 0 Å². The van der Waals surface area contributed by atoms with Gasteiger partial charge in [-0.1, -0.05) is 12.1 Å². The molecule has 0 bridgehead atoms. The summed E-state index contributed by atoms with van der Waals surface area (Å²) in [6, 6.07) is 11.3. The van der Waals surface area contributed by atoms with Gasteiger partial charge >= 0.3 is 6.03 Å². The van der Waals surface area contributed by atoms with E-state index in [1.807, 2.05) is 6.07 Å². The van der Waals surface area contributed by atoms with Crippen LogP contribution in [-0.4, -0.2) is 31.7 Å². The fourth-order valence-electron chi connectivity index (χ4n) is 3.17. The third-order valence-corrected chi connectivity index (χ3v) is 4.40. The van der Waals surface area contributed by atoms with Gasteiger partial charge in [0.2, 0.25) is 0 Å². The number of benzene rings is 2. The highest BCUT2D eigenvalue weighted by Gasteiger charge is 2.30. The second-order valence-corrected chi connectivity index (χ2v) is 5.90. The van der Waals surface area contributed by atoms with E-state index in [1.165, 1.54) is 12.1 Å². The zero-order valence-electron chi connectivity index (χ0n) is 14.3. The molecule has 2 aromatic carbocycles. The topological polar surface area (TPSA) is 50.8 Å². The average molecular weight is 344 g/mol. The first kappa shape index (κ1) is 17.1. The van der Waals surface area contributed by atoms with Gasteiger partial charge < -0.3 is 19.7 Å². The largest absolute Gasteiger partial charge is 0.497 e. The molecule has 0 aromatic heterocycles. The SMILES string of the molecule is COc1ccc(OC)c(NC(=O)N2CCCC2c2cccc(F)c2)c1. The summed E-state index contributed by atoms with van der Waals surface area (Å²) in [5.41, 5.74) is 1.35. The zero-order valence-corrected chi connectivity index (χ0v) is 14.3. The minimum atomic E-state index is -0.292. The van der Waals surface area contributed by atoms with Crippen molar-refractivity contribution in [2.75, 3.05) is 26.1 Å². The molecule has 132 valence electrons. The highest BCUT2D eigenvalue weighted by Crippen LogP contribution is 2.34. The lowest BCUT2D eigenvalue weighted by Crippen LogP contribution is -2.34. The van der Waals surface area contributed by atoms with E-state index in [0.29, 0.717) is 23.7 Å². The van der Waals surface area contributed by atoms with Gasteiger partial charge in [-0.25, -0.2) is 9.18 Å². The molecule has 5 nitrogen and oxygen atoms in total. The van der Waals surface area contributed by atoms with Crippen LogP contribution < -0.4 is 14.8 Å². The van der Waals surface area contributed by atoms with E-state index in [2.05, 4.69) is 5.32 Å². The molecule has 2 aromatic rings. The number of urea groups is 1. The second kappa shape index (κ2) is 7.42. The maximum Gasteiger partial charge on any atom is 0.322 e. The van der Waals surface area contributed by atoms with E-state index in [0.717, 1.165) is 18.4 Å². The van der Waals surface area contributed by atoms with Crippen LogP contribution in [0.15, 0.2) is 42.5 Å². The summed E-state index contributed by atoms with van der Waals surface area (Å²) in [7, 11) is 3.11. The number of rotatable bonds is 4. The van der Waals surface area contributed by atoms with Crippen LogP contribution in [0.3, 0.4) is 0 Å². The van der Waals surface area contributed by atoms with Crippen LogP contribution >= 0.6 is 0 Å². The summed E-state index contributed by atoms with van der Waals surface area (Å²) in [5.74, 6) is 0.883. The molecule has 1 N–H and O–H groups in total. The highest BCUT2D eigenvalue weighted by molar-refractivity contribution is 5.91. The van der Waals surface area contributed by atoms with E-state index >= 15 is 0 Å². The van der Waals surface area contributed by atoms with Gasteiger partial charge in [0, 0.05) is 12.6 Å². The third-order valence-electron chi connectivity index (χ3n) is 4.40. The standard InChI is InChI=1S/C19H21FN2O3/c1-24-15-8-9-18(25-2)16(12-15)21-19(23)22-10-4-7-17(22)13-5-3-6-14(20)11-13/h3,5-6,8-9,11-12,17H,4,7,10H2,1-2H3,(H,21,23). The lowest BCUT2D eigenvalue weighted by molar-refractivity contribution is 0.207. The van der Waals surface area contributed by atoms with Crippen molar-refractivity contribution in [3.8, 4) is 11.5 Å². The molecule has 3 rings (SSSR count). The molecular weight excluding hydrogens is 323 g/mol. The van der Waals surface area contributed by atoms with Gasteiger partial charge in [0.1, 0.15) is 17.3 Å². The fourth-order valence-corrected chi connectivity index (χ4v) is 3.17.